The van der Waals surface area contributed by atoms with Gasteiger partial charge in [0.1, 0.15) is 0 Å². The van der Waals surface area contributed by atoms with Crippen LogP contribution in [0.25, 0.3) is 0 Å². The number of nitrogens with two attached hydrogens (primary N) is 1. The van der Waals surface area contributed by atoms with E-state index in [1.807, 2.05) is 0 Å². The monoisotopic (exact) mass is 260 g/mol. The Balaban J connectivity index is 1.91. The fourth-order valence-corrected chi connectivity index (χ4v) is 3.32. The van der Waals surface area contributed by atoms with E-state index in [9.17, 15) is 0 Å². The molecule has 2 nitrogen and oxygen atoms in total. The molecule has 2 N–H and O–H groups in total. The third-order valence-corrected chi connectivity index (χ3v) is 4.67. The van der Waals surface area contributed by atoms with E-state index >= 15 is 0 Å². The zero-order chi connectivity index (χ0) is 13.7. The van der Waals surface area contributed by atoms with Crippen molar-refractivity contribution in [2.45, 2.75) is 39.2 Å². The standard InChI is InChI=1S/C17H28N2/c1-15-8-10-17(13-18,11-9-15)14-19(2)12-16-6-4-3-5-7-16/h3-7,15H,8-14,18H2,1-2H3. The van der Waals surface area contributed by atoms with Gasteiger partial charge in [-0.05, 0) is 43.3 Å². The van der Waals surface area contributed by atoms with E-state index < -0.39 is 0 Å². The molecule has 0 bridgehead atoms. The topological polar surface area (TPSA) is 29.3 Å². The molecule has 2 heteroatoms. The molecule has 0 aromatic heterocycles. The van der Waals surface area contributed by atoms with Gasteiger partial charge in [-0.1, -0.05) is 50.1 Å². The van der Waals surface area contributed by atoms with Gasteiger partial charge in [-0.25, -0.2) is 0 Å². The highest BCUT2D eigenvalue weighted by atomic mass is 15.1. The van der Waals surface area contributed by atoms with Crippen molar-refractivity contribution in [1.29, 1.82) is 0 Å². The third kappa shape index (κ3) is 4.05. The van der Waals surface area contributed by atoms with E-state index in [1.54, 1.807) is 0 Å². The largest absolute Gasteiger partial charge is 0.330 e. The van der Waals surface area contributed by atoms with Crippen LogP contribution in [0.5, 0.6) is 0 Å². The van der Waals surface area contributed by atoms with Crippen molar-refractivity contribution in [2.75, 3.05) is 20.1 Å². The Morgan fingerprint density at radius 3 is 2.42 bits per heavy atom. The number of hydrogen-bond acceptors (Lipinski definition) is 2. The van der Waals surface area contributed by atoms with Crippen molar-refractivity contribution in [3.05, 3.63) is 35.9 Å². The number of benzene rings is 1. The van der Waals surface area contributed by atoms with E-state index in [-0.39, 0.29) is 0 Å². The van der Waals surface area contributed by atoms with Gasteiger partial charge >= 0.3 is 0 Å². The fourth-order valence-electron chi connectivity index (χ4n) is 3.32. The lowest BCUT2D eigenvalue weighted by atomic mass is 9.70. The summed E-state index contributed by atoms with van der Waals surface area (Å²) in [7, 11) is 2.22. The van der Waals surface area contributed by atoms with E-state index in [2.05, 4.69) is 49.2 Å². The van der Waals surface area contributed by atoms with Crippen LogP contribution in [-0.2, 0) is 6.54 Å². The van der Waals surface area contributed by atoms with Gasteiger partial charge in [0.2, 0.25) is 0 Å². The van der Waals surface area contributed by atoms with Crippen LogP contribution in [0.1, 0.15) is 38.2 Å². The Kier molecular flexibility index (Phi) is 5.00. The summed E-state index contributed by atoms with van der Waals surface area (Å²) < 4.78 is 0. The van der Waals surface area contributed by atoms with Crippen LogP contribution in [-0.4, -0.2) is 25.0 Å². The van der Waals surface area contributed by atoms with Crippen LogP contribution in [0.3, 0.4) is 0 Å². The summed E-state index contributed by atoms with van der Waals surface area (Å²) in [6.07, 6.45) is 5.28. The van der Waals surface area contributed by atoms with Gasteiger partial charge in [0.05, 0.1) is 0 Å². The van der Waals surface area contributed by atoms with Crippen molar-refractivity contribution >= 4 is 0 Å². The highest BCUT2D eigenvalue weighted by Crippen LogP contribution is 2.38. The summed E-state index contributed by atoms with van der Waals surface area (Å²) in [6, 6.07) is 10.7. The molecule has 1 aliphatic carbocycles. The molecule has 0 radical (unpaired) electrons. The molecule has 0 heterocycles. The molecule has 0 unspecified atom stereocenters. The number of hydrogen-bond donors (Lipinski definition) is 1. The Morgan fingerprint density at radius 2 is 1.84 bits per heavy atom. The number of nitrogens with zero attached hydrogens (tertiary/aromatic N) is 1. The minimum Gasteiger partial charge on any atom is -0.330 e. The maximum absolute atomic E-state index is 6.10. The van der Waals surface area contributed by atoms with Gasteiger partial charge in [0.25, 0.3) is 0 Å². The molecule has 0 atom stereocenters. The maximum Gasteiger partial charge on any atom is 0.0230 e. The molecule has 1 aromatic carbocycles. The van der Waals surface area contributed by atoms with Gasteiger partial charge in [0, 0.05) is 13.1 Å². The van der Waals surface area contributed by atoms with Crippen molar-refractivity contribution < 1.29 is 0 Å². The maximum atomic E-state index is 6.10. The summed E-state index contributed by atoms with van der Waals surface area (Å²) in [5, 5.41) is 0. The van der Waals surface area contributed by atoms with E-state index in [4.69, 9.17) is 5.73 Å². The zero-order valence-corrected chi connectivity index (χ0v) is 12.4. The summed E-state index contributed by atoms with van der Waals surface area (Å²) in [4.78, 5) is 2.44. The molecule has 106 valence electrons. The molecule has 0 amide bonds. The van der Waals surface area contributed by atoms with Crippen molar-refractivity contribution in [1.82, 2.24) is 4.90 Å². The van der Waals surface area contributed by atoms with E-state index in [0.717, 1.165) is 25.6 Å². The van der Waals surface area contributed by atoms with Gasteiger partial charge in [-0.3, -0.25) is 0 Å². The zero-order valence-electron chi connectivity index (χ0n) is 12.4. The predicted octanol–water partition coefficient (Wildman–Crippen LogP) is 3.27. The summed E-state index contributed by atoms with van der Waals surface area (Å²) >= 11 is 0. The Labute approximate surface area is 118 Å². The van der Waals surface area contributed by atoms with Crippen molar-refractivity contribution in [3.8, 4) is 0 Å². The molecule has 1 saturated carbocycles. The first-order valence-electron chi connectivity index (χ1n) is 7.56. The van der Waals surface area contributed by atoms with Gasteiger partial charge in [-0.15, -0.1) is 0 Å². The van der Waals surface area contributed by atoms with Crippen molar-refractivity contribution in [3.63, 3.8) is 0 Å². The quantitative estimate of drug-likeness (QED) is 0.880. The molecule has 1 aliphatic rings. The molecule has 19 heavy (non-hydrogen) atoms. The summed E-state index contributed by atoms with van der Waals surface area (Å²) in [5.74, 6) is 0.888. The molecular weight excluding hydrogens is 232 g/mol. The summed E-state index contributed by atoms with van der Waals surface area (Å²) in [6.45, 7) is 5.36. The molecule has 0 aliphatic heterocycles. The second kappa shape index (κ2) is 6.53. The first-order chi connectivity index (χ1) is 9.13. The number of rotatable bonds is 5. The molecular formula is C17H28N2. The lowest BCUT2D eigenvalue weighted by Gasteiger charge is -2.41. The normalized spacial score (nSPS) is 27.7. The van der Waals surface area contributed by atoms with Crippen LogP contribution >= 0.6 is 0 Å². The molecule has 2 rings (SSSR count). The van der Waals surface area contributed by atoms with Gasteiger partial charge in [-0.2, -0.15) is 0 Å². The first kappa shape index (κ1) is 14.5. The first-order valence-corrected chi connectivity index (χ1v) is 7.56. The SMILES string of the molecule is CC1CCC(CN)(CN(C)Cc2ccccc2)CC1. The smallest absolute Gasteiger partial charge is 0.0230 e. The Hall–Kier alpha value is -0.860. The average molecular weight is 260 g/mol. The third-order valence-electron chi connectivity index (χ3n) is 4.67. The van der Waals surface area contributed by atoms with Crippen molar-refractivity contribution in [2.24, 2.45) is 17.1 Å². The fraction of sp³-hybridized carbons (Fsp3) is 0.647. The Bertz CT molecular complexity index is 366. The highest BCUT2D eigenvalue weighted by Gasteiger charge is 2.33. The highest BCUT2D eigenvalue weighted by molar-refractivity contribution is 5.14. The van der Waals surface area contributed by atoms with Crippen LogP contribution in [0.15, 0.2) is 30.3 Å². The van der Waals surface area contributed by atoms with E-state index in [0.29, 0.717) is 5.41 Å². The minimum absolute atomic E-state index is 0.357. The Morgan fingerprint density at radius 1 is 1.21 bits per heavy atom. The van der Waals surface area contributed by atoms with Crippen LogP contribution < -0.4 is 5.73 Å². The van der Waals surface area contributed by atoms with Crippen LogP contribution in [0.4, 0.5) is 0 Å². The summed E-state index contributed by atoms with van der Waals surface area (Å²) in [5.41, 5.74) is 7.85. The van der Waals surface area contributed by atoms with E-state index in [1.165, 1.54) is 31.2 Å². The lowest BCUT2D eigenvalue weighted by molar-refractivity contribution is 0.105. The second-order valence-electron chi connectivity index (χ2n) is 6.54. The predicted molar refractivity (Wildman–Crippen MR) is 81.9 cm³/mol. The van der Waals surface area contributed by atoms with Gasteiger partial charge in [0.15, 0.2) is 0 Å². The van der Waals surface area contributed by atoms with Crippen LogP contribution in [0, 0.1) is 11.3 Å². The lowest BCUT2D eigenvalue weighted by Crippen LogP contribution is -2.43. The molecule has 0 saturated heterocycles. The van der Waals surface area contributed by atoms with Crippen LogP contribution in [0.2, 0.25) is 0 Å². The molecule has 1 aromatic rings. The molecule has 0 spiro atoms. The van der Waals surface area contributed by atoms with Gasteiger partial charge < -0.3 is 10.6 Å². The minimum atomic E-state index is 0.357. The second-order valence-corrected chi connectivity index (χ2v) is 6.54. The average Bonchev–Trinajstić information content (AvgIpc) is 2.43. The molecule has 1 fully saturated rings.